The van der Waals surface area contributed by atoms with Crippen molar-refractivity contribution in [2.45, 2.75) is 19.3 Å². The van der Waals surface area contributed by atoms with Gasteiger partial charge in [0.1, 0.15) is 11.5 Å². The maximum absolute atomic E-state index is 12.0. The van der Waals surface area contributed by atoms with Gasteiger partial charge >= 0.3 is 0 Å². The number of nitrogens with one attached hydrogen (secondary N) is 4. The molecule has 2 aromatic rings. The molecule has 0 fully saturated rings. The highest BCUT2D eigenvalue weighted by atomic mass is 16.5. The number of hydrazine groups is 2. The molecule has 0 aromatic heterocycles. The Morgan fingerprint density at radius 2 is 0.968 bits per heavy atom. The zero-order valence-electron chi connectivity index (χ0n) is 17.2. The highest BCUT2D eigenvalue weighted by Crippen LogP contribution is 2.11. The molecule has 2 aromatic carbocycles. The topological polar surface area (TPSA) is 135 Å². The van der Waals surface area contributed by atoms with Crippen LogP contribution in [-0.4, -0.2) is 37.8 Å². The summed E-state index contributed by atoms with van der Waals surface area (Å²) in [7, 11) is 3.04. The van der Waals surface area contributed by atoms with E-state index in [0.29, 0.717) is 22.6 Å². The number of hydrogen-bond donors (Lipinski definition) is 4. The summed E-state index contributed by atoms with van der Waals surface area (Å²) >= 11 is 0. The monoisotopic (exact) mass is 428 g/mol. The third-order valence-electron chi connectivity index (χ3n) is 4.14. The van der Waals surface area contributed by atoms with Crippen molar-refractivity contribution < 1.29 is 28.7 Å². The van der Waals surface area contributed by atoms with E-state index in [4.69, 9.17) is 9.47 Å². The summed E-state index contributed by atoms with van der Waals surface area (Å²) in [6.45, 7) is 0. The molecule has 0 saturated heterocycles. The molecule has 10 nitrogen and oxygen atoms in total. The van der Waals surface area contributed by atoms with Crippen LogP contribution in [0.15, 0.2) is 48.5 Å². The summed E-state index contributed by atoms with van der Waals surface area (Å²) in [5, 5.41) is 0. The number of methoxy groups -OCH3 is 2. The molecule has 0 aliphatic heterocycles. The maximum Gasteiger partial charge on any atom is 0.269 e. The summed E-state index contributed by atoms with van der Waals surface area (Å²) in [4.78, 5) is 47.5. The first kappa shape index (κ1) is 23.2. The summed E-state index contributed by atoms with van der Waals surface area (Å²) < 4.78 is 10.0. The fourth-order valence-electron chi connectivity index (χ4n) is 2.42. The predicted molar refractivity (Wildman–Crippen MR) is 111 cm³/mol. The molecule has 0 spiro atoms. The van der Waals surface area contributed by atoms with Crippen LogP contribution in [-0.2, 0) is 9.59 Å². The van der Waals surface area contributed by atoms with Gasteiger partial charge in [-0.25, -0.2) is 0 Å². The van der Waals surface area contributed by atoms with Gasteiger partial charge in [-0.15, -0.1) is 0 Å². The van der Waals surface area contributed by atoms with Gasteiger partial charge in [-0.2, -0.15) is 0 Å². The van der Waals surface area contributed by atoms with E-state index in [1.54, 1.807) is 48.5 Å². The number of rotatable bonds is 8. The lowest BCUT2D eigenvalue weighted by Gasteiger charge is -2.09. The standard InChI is InChI=1S/C21H24N4O6/c1-30-16-10-6-14(7-11-16)20(28)24-22-18(26)4-3-5-19(27)23-25-21(29)15-8-12-17(31-2)13-9-15/h6-13H,3-5H2,1-2H3,(H,22,26)(H,23,27)(H,24,28)(H,25,29). The Morgan fingerprint density at radius 1 is 0.613 bits per heavy atom. The highest BCUT2D eigenvalue weighted by molar-refractivity contribution is 5.96. The van der Waals surface area contributed by atoms with Crippen molar-refractivity contribution in [3.8, 4) is 11.5 Å². The average molecular weight is 428 g/mol. The zero-order chi connectivity index (χ0) is 22.6. The van der Waals surface area contributed by atoms with Crippen molar-refractivity contribution in [3.05, 3.63) is 59.7 Å². The Labute approximate surface area is 179 Å². The van der Waals surface area contributed by atoms with Gasteiger partial charge in [0, 0.05) is 24.0 Å². The largest absolute Gasteiger partial charge is 0.497 e. The van der Waals surface area contributed by atoms with Crippen LogP contribution in [0, 0.1) is 0 Å². The lowest BCUT2D eigenvalue weighted by atomic mass is 10.2. The number of benzene rings is 2. The molecule has 2 rings (SSSR count). The number of amides is 4. The molecule has 0 radical (unpaired) electrons. The van der Waals surface area contributed by atoms with Gasteiger partial charge in [-0.3, -0.25) is 40.9 Å². The van der Waals surface area contributed by atoms with Crippen molar-refractivity contribution in [3.63, 3.8) is 0 Å². The van der Waals surface area contributed by atoms with Crippen molar-refractivity contribution >= 4 is 23.6 Å². The lowest BCUT2D eigenvalue weighted by Crippen LogP contribution is -2.42. The Kier molecular flexibility index (Phi) is 8.84. The molecule has 31 heavy (non-hydrogen) atoms. The molecule has 0 heterocycles. The first-order valence-electron chi connectivity index (χ1n) is 9.39. The summed E-state index contributed by atoms with van der Waals surface area (Å²) in [6, 6.07) is 12.8. The Morgan fingerprint density at radius 3 is 1.29 bits per heavy atom. The van der Waals surface area contributed by atoms with Crippen LogP contribution in [0.1, 0.15) is 40.0 Å². The maximum atomic E-state index is 12.0. The van der Waals surface area contributed by atoms with E-state index in [9.17, 15) is 19.2 Å². The predicted octanol–water partition coefficient (Wildman–Crippen LogP) is 1.10. The first-order valence-corrected chi connectivity index (χ1v) is 9.39. The number of carbonyl (C=O) groups excluding carboxylic acids is 4. The van der Waals surface area contributed by atoms with Crippen LogP contribution in [0.5, 0.6) is 11.5 Å². The van der Waals surface area contributed by atoms with Gasteiger partial charge in [0.15, 0.2) is 0 Å². The van der Waals surface area contributed by atoms with Gasteiger partial charge in [-0.1, -0.05) is 0 Å². The van der Waals surface area contributed by atoms with E-state index < -0.39 is 23.6 Å². The van der Waals surface area contributed by atoms with Crippen molar-refractivity contribution in [2.75, 3.05) is 14.2 Å². The van der Waals surface area contributed by atoms with Crippen molar-refractivity contribution in [1.82, 2.24) is 21.7 Å². The fraction of sp³-hybridized carbons (Fsp3) is 0.238. The second-order valence-electron chi connectivity index (χ2n) is 6.32. The SMILES string of the molecule is COc1ccc(C(=O)NNC(=O)CCCC(=O)NNC(=O)c2ccc(OC)cc2)cc1. The molecular weight excluding hydrogens is 404 g/mol. The van der Waals surface area contributed by atoms with Crippen LogP contribution in [0.4, 0.5) is 0 Å². The van der Waals surface area contributed by atoms with E-state index in [1.165, 1.54) is 14.2 Å². The van der Waals surface area contributed by atoms with E-state index in [-0.39, 0.29) is 19.3 Å². The second kappa shape index (κ2) is 11.8. The Hall–Kier alpha value is -4.08. The van der Waals surface area contributed by atoms with Gasteiger partial charge in [0.25, 0.3) is 11.8 Å². The third kappa shape index (κ3) is 7.69. The van der Waals surface area contributed by atoms with Crippen LogP contribution in [0.3, 0.4) is 0 Å². The smallest absolute Gasteiger partial charge is 0.269 e. The minimum Gasteiger partial charge on any atom is -0.497 e. The van der Waals surface area contributed by atoms with E-state index >= 15 is 0 Å². The second-order valence-corrected chi connectivity index (χ2v) is 6.32. The van der Waals surface area contributed by atoms with Crippen LogP contribution in [0.25, 0.3) is 0 Å². The molecule has 0 atom stereocenters. The first-order chi connectivity index (χ1) is 14.9. The molecule has 4 amide bonds. The van der Waals surface area contributed by atoms with Gasteiger partial charge < -0.3 is 9.47 Å². The molecule has 0 unspecified atom stereocenters. The zero-order valence-corrected chi connectivity index (χ0v) is 17.2. The quantitative estimate of drug-likeness (QED) is 0.465. The molecule has 10 heteroatoms. The van der Waals surface area contributed by atoms with Crippen LogP contribution < -0.4 is 31.2 Å². The minimum atomic E-state index is -0.477. The average Bonchev–Trinajstić information content (AvgIpc) is 2.81. The van der Waals surface area contributed by atoms with E-state index in [2.05, 4.69) is 21.7 Å². The molecule has 0 aliphatic rings. The molecule has 0 saturated carbocycles. The Balaban J connectivity index is 1.62. The molecule has 4 N–H and O–H groups in total. The molecule has 0 bridgehead atoms. The van der Waals surface area contributed by atoms with Gasteiger partial charge in [0.2, 0.25) is 11.8 Å². The minimum absolute atomic E-state index is 0.0166. The Bertz CT molecular complexity index is 837. The third-order valence-corrected chi connectivity index (χ3v) is 4.14. The van der Waals surface area contributed by atoms with Gasteiger partial charge in [0.05, 0.1) is 14.2 Å². The molecular formula is C21H24N4O6. The van der Waals surface area contributed by atoms with E-state index in [1.807, 2.05) is 0 Å². The van der Waals surface area contributed by atoms with Crippen molar-refractivity contribution in [1.29, 1.82) is 0 Å². The van der Waals surface area contributed by atoms with Gasteiger partial charge in [-0.05, 0) is 55.0 Å². The summed E-state index contributed by atoms with van der Waals surface area (Å²) in [5.41, 5.74) is 9.87. The normalized spacial score (nSPS) is 9.87. The van der Waals surface area contributed by atoms with Crippen LogP contribution in [0.2, 0.25) is 0 Å². The number of carbonyl (C=O) groups is 4. The molecule has 164 valence electrons. The number of hydrogen-bond acceptors (Lipinski definition) is 6. The number of ether oxygens (including phenoxy) is 2. The summed E-state index contributed by atoms with van der Waals surface area (Å²) in [5.74, 6) is -0.628. The highest BCUT2D eigenvalue weighted by Gasteiger charge is 2.10. The summed E-state index contributed by atoms with van der Waals surface area (Å²) in [6.07, 6.45) is 0.264. The van der Waals surface area contributed by atoms with Crippen LogP contribution >= 0.6 is 0 Å². The molecule has 0 aliphatic carbocycles. The lowest BCUT2D eigenvalue weighted by molar-refractivity contribution is -0.123. The fourth-order valence-corrected chi connectivity index (χ4v) is 2.42. The van der Waals surface area contributed by atoms with E-state index in [0.717, 1.165) is 0 Å². The van der Waals surface area contributed by atoms with Crippen molar-refractivity contribution in [2.24, 2.45) is 0 Å².